The number of aliphatic hydroxyl groups excluding tert-OH is 1. The molecule has 6 heteroatoms. The Morgan fingerprint density at radius 2 is 2.00 bits per heavy atom. The third-order valence-corrected chi connectivity index (χ3v) is 3.66. The van der Waals surface area contributed by atoms with E-state index < -0.39 is 12.1 Å². The normalized spacial score (nSPS) is 18.0. The maximum absolute atomic E-state index is 10.5. The number of carboxylic acids is 1. The Morgan fingerprint density at radius 3 is 2.60 bits per heavy atom. The van der Waals surface area contributed by atoms with Crippen LogP contribution in [0.15, 0.2) is 24.3 Å². The second-order valence-electron chi connectivity index (χ2n) is 5.02. The van der Waals surface area contributed by atoms with E-state index in [0.717, 1.165) is 36.9 Å². The van der Waals surface area contributed by atoms with Gasteiger partial charge in [-0.25, -0.2) is 0 Å². The van der Waals surface area contributed by atoms with Gasteiger partial charge in [-0.15, -0.1) is 0 Å². The van der Waals surface area contributed by atoms with Crippen molar-refractivity contribution in [2.24, 2.45) is 0 Å². The van der Waals surface area contributed by atoms with Crippen LogP contribution in [0.1, 0.15) is 6.42 Å². The fraction of sp³-hybridized carbons (Fsp3) is 0.500. The first-order valence-corrected chi connectivity index (χ1v) is 7.05. The summed E-state index contributed by atoms with van der Waals surface area (Å²) in [4.78, 5) is 14.9. The zero-order chi connectivity index (χ0) is 14.5. The molecule has 110 valence electrons. The molecular formula is C14H19ClN2O3. The fourth-order valence-electron chi connectivity index (χ4n) is 2.43. The Labute approximate surface area is 123 Å². The van der Waals surface area contributed by atoms with Gasteiger partial charge in [-0.1, -0.05) is 17.7 Å². The summed E-state index contributed by atoms with van der Waals surface area (Å²) in [6, 6.07) is 7.75. The number of anilines is 1. The molecule has 1 aliphatic rings. The summed E-state index contributed by atoms with van der Waals surface area (Å²) < 4.78 is 0. The molecule has 20 heavy (non-hydrogen) atoms. The summed E-state index contributed by atoms with van der Waals surface area (Å²) in [6.07, 6.45) is -1.00. The van der Waals surface area contributed by atoms with Crippen LogP contribution < -0.4 is 4.90 Å². The number of hydrogen-bond acceptors (Lipinski definition) is 4. The van der Waals surface area contributed by atoms with E-state index in [-0.39, 0.29) is 6.42 Å². The lowest BCUT2D eigenvalue weighted by atomic mass is 10.2. The van der Waals surface area contributed by atoms with Crippen LogP contribution in [0, 0.1) is 0 Å². The number of carboxylic acid groups (broad SMARTS) is 1. The number of rotatable bonds is 5. The van der Waals surface area contributed by atoms with Crippen molar-refractivity contribution >= 4 is 23.3 Å². The number of β-amino-alcohol motifs (C(OH)–C–C–N with tert-alkyl or cyclic N) is 1. The summed E-state index contributed by atoms with van der Waals surface area (Å²) >= 11 is 5.98. The van der Waals surface area contributed by atoms with Crippen molar-refractivity contribution < 1.29 is 15.0 Å². The lowest BCUT2D eigenvalue weighted by Gasteiger charge is -2.36. The van der Waals surface area contributed by atoms with Gasteiger partial charge in [-0.2, -0.15) is 0 Å². The predicted molar refractivity (Wildman–Crippen MR) is 78.4 cm³/mol. The highest BCUT2D eigenvalue weighted by Crippen LogP contribution is 2.20. The lowest BCUT2D eigenvalue weighted by Crippen LogP contribution is -2.48. The minimum Gasteiger partial charge on any atom is -0.481 e. The largest absolute Gasteiger partial charge is 0.481 e. The molecule has 1 aromatic rings. The molecule has 0 aromatic heterocycles. The van der Waals surface area contributed by atoms with E-state index in [9.17, 15) is 9.90 Å². The van der Waals surface area contributed by atoms with Crippen molar-refractivity contribution in [2.45, 2.75) is 12.5 Å². The first-order valence-electron chi connectivity index (χ1n) is 6.67. The van der Waals surface area contributed by atoms with Crippen molar-refractivity contribution in [3.05, 3.63) is 29.3 Å². The number of carbonyl (C=O) groups is 1. The molecule has 1 aliphatic heterocycles. The van der Waals surface area contributed by atoms with E-state index >= 15 is 0 Å². The molecule has 2 rings (SSSR count). The number of nitrogens with zero attached hydrogens (tertiary/aromatic N) is 2. The van der Waals surface area contributed by atoms with E-state index in [2.05, 4.69) is 9.80 Å². The molecule has 0 amide bonds. The maximum atomic E-state index is 10.5. The number of aliphatic hydroxyl groups is 1. The van der Waals surface area contributed by atoms with E-state index in [1.54, 1.807) is 0 Å². The van der Waals surface area contributed by atoms with E-state index in [1.807, 2.05) is 24.3 Å². The number of hydrogen-bond donors (Lipinski definition) is 2. The monoisotopic (exact) mass is 298 g/mol. The van der Waals surface area contributed by atoms with Gasteiger partial charge in [0, 0.05) is 43.4 Å². The van der Waals surface area contributed by atoms with Gasteiger partial charge in [-0.3, -0.25) is 9.69 Å². The van der Waals surface area contributed by atoms with Crippen LogP contribution in [0.25, 0.3) is 0 Å². The van der Waals surface area contributed by atoms with Crippen LogP contribution in [0.2, 0.25) is 5.02 Å². The molecule has 0 saturated carbocycles. The molecule has 2 N–H and O–H groups in total. The highest BCUT2D eigenvalue weighted by atomic mass is 35.5. The van der Waals surface area contributed by atoms with Crippen LogP contribution >= 0.6 is 11.6 Å². The highest BCUT2D eigenvalue weighted by Gasteiger charge is 2.20. The Bertz CT molecular complexity index is 461. The predicted octanol–water partition coefficient (Wildman–Crippen LogP) is 1.30. The van der Waals surface area contributed by atoms with Gasteiger partial charge in [0.05, 0.1) is 12.5 Å². The van der Waals surface area contributed by atoms with Crippen LogP contribution in [0.5, 0.6) is 0 Å². The molecule has 0 bridgehead atoms. The number of halogens is 1. The summed E-state index contributed by atoms with van der Waals surface area (Å²) in [5.74, 6) is -0.963. The molecule has 0 spiro atoms. The third-order valence-electron chi connectivity index (χ3n) is 3.42. The molecular weight excluding hydrogens is 280 g/mol. The van der Waals surface area contributed by atoms with Crippen molar-refractivity contribution in [3.63, 3.8) is 0 Å². The molecule has 1 fully saturated rings. The van der Waals surface area contributed by atoms with Gasteiger partial charge in [0.25, 0.3) is 0 Å². The lowest BCUT2D eigenvalue weighted by molar-refractivity contribution is -0.139. The zero-order valence-electron chi connectivity index (χ0n) is 11.2. The third kappa shape index (κ3) is 4.37. The standard InChI is InChI=1S/C14H19ClN2O3/c15-11-2-1-3-12(8-11)17-6-4-16(5-7-17)10-13(18)9-14(19)20/h1-3,8,13,18H,4-7,9-10H2,(H,19,20). The molecule has 1 unspecified atom stereocenters. The number of aliphatic carboxylic acids is 1. The summed E-state index contributed by atoms with van der Waals surface area (Å²) in [5.41, 5.74) is 1.10. The summed E-state index contributed by atoms with van der Waals surface area (Å²) in [7, 11) is 0. The minimum absolute atomic E-state index is 0.200. The smallest absolute Gasteiger partial charge is 0.306 e. The van der Waals surface area contributed by atoms with Gasteiger partial charge in [0.15, 0.2) is 0 Å². The van der Waals surface area contributed by atoms with Crippen LogP contribution in [-0.4, -0.2) is 59.9 Å². The maximum Gasteiger partial charge on any atom is 0.306 e. The highest BCUT2D eigenvalue weighted by molar-refractivity contribution is 6.30. The van der Waals surface area contributed by atoms with Crippen molar-refractivity contribution in [3.8, 4) is 0 Å². The topological polar surface area (TPSA) is 64.0 Å². The van der Waals surface area contributed by atoms with Crippen molar-refractivity contribution in [1.29, 1.82) is 0 Å². The van der Waals surface area contributed by atoms with Crippen LogP contribution in [0.3, 0.4) is 0 Å². The SMILES string of the molecule is O=C(O)CC(O)CN1CCN(c2cccc(Cl)c2)CC1. The molecule has 0 aliphatic carbocycles. The zero-order valence-corrected chi connectivity index (χ0v) is 12.0. The average Bonchev–Trinajstić information content (AvgIpc) is 2.38. The van der Waals surface area contributed by atoms with E-state index in [4.69, 9.17) is 16.7 Å². The van der Waals surface area contributed by atoms with Gasteiger partial charge < -0.3 is 15.1 Å². The van der Waals surface area contributed by atoms with Gasteiger partial charge in [-0.05, 0) is 18.2 Å². The molecule has 1 heterocycles. The number of benzene rings is 1. The number of piperazine rings is 1. The van der Waals surface area contributed by atoms with Crippen LogP contribution in [0.4, 0.5) is 5.69 Å². The fourth-order valence-corrected chi connectivity index (χ4v) is 2.61. The van der Waals surface area contributed by atoms with Crippen LogP contribution in [-0.2, 0) is 4.79 Å². The first-order chi connectivity index (χ1) is 9.54. The second kappa shape index (κ2) is 6.92. The van der Waals surface area contributed by atoms with E-state index in [0.29, 0.717) is 6.54 Å². The summed E-state index contributed by atoms with van der Waals surface area (Å²) in [6.45, 7) is 3.72. The Hall–Kier alpha value is -1.30. The minimum atomic E-state index is -0.963. The average molecular weight is 299 g/mol. The Morgan fingerprint density at radius 1 is 1.30 bits per heavy atom. The molecule has 1 atom stereocenters. The second-order valence-corrected chi connectivity index (χ2v) is 5.46. The van der Waals surface area contributed by atoms with Crippen molar-refractivity contribution in [2.75, 3.05) is 37.6 Å². The first kappa shape index (κ1) is 15.1. The Balaban J connectivity index is 1.82. The Kier molecular flexibility index (Phi) is 5.23. The van der Waals surface area contributed by atoms with E-state index in [1.165, 1.54) is 0 Å². The van der Waals surface area contributed by atoms with Gasteiger partial charge in [0.1, 0.15) is 0 Å². The molecule has 1 aromatic carbocycles. The quantitative estimate of drug-likeness (QED) is 0.858. The molecule has 0 radical (unpaired) electrons. The van der Waals surface area contributed by atoms with Gasteiger partial charge >= 0.3 is 5.97 Å². The molecule has 5 nitrogen and oxygen atoms in total. The molecule has 1 saturated heterocycles. The summed E-state index contributed by atoms with van der Waals surface area (Å²) in [5, 5.41) is 19.0. The van der Waals surface area contributed by atoms with Crippen molar-refractivity contribution in [1.82, 2.24) is 4.90 Å². The van der Waals surface area contributed by atoms with Gasteiger partial charge in [0.2, 0.25) is 0 Å².